The lowest BCUT2D eigenvalue weighted by molar-refractivity contribution is -0.00272. The summed E-state index contributed by atoms with van der Waals surface area (Å²) in [5.74, 6) is 1.63. The summed E-state index contributed by atoms with van der Waals surface area (Å²) >= 11 is 0. The van der Waals surface area contributed by atoms with E-state index < -0.39 is 10.0 Å². The van der Waals surface area contributed by atoms with Crippen LogP contribution in [-0.2, 0) is 16.6 Å². The Kier molecular flexibility index (Phi) is 4.24. The van der Waals surface area contributed by atoms with Gasteiger partial charge in [-0.1, -0.05) is 19.3 Å². The summed E-state index contributed by atoms with van der Waals surface area (Å²) in [4.78, 5) is 2.46. The number of rotatable bonds is 4. The van der Waals surface area contributed by atoms with E-state index >= 15 is 0 Å². The molecule has 2 aliphatic heterocycles. The molecule has 23 heavy (non-hydrogen) atoms. The number of furan rings is 1. The van der Waals surface area contributed by atoms with Gasteiger partial charge in [-0.3, -0.25) is 4.90 Å². The molecule has 2 atom stereocenters. The van der Waals surface area contributed by atoms with Gasteiger partial charge in [0.15, 0.2) is 0 Å². The molecule has 0 N–H and O–H groups in total. The summed E-state index contributed by atoms with van der Waals surface area (Å²) in [6.45, 7) is 3.12. The van der Waals surface area contributed by atoms with Gasteiger partial charge in [0.1, 0.15) is 5.76 Å². The zero-order valence-electron chi connectivity index (χ0n) is 13.6. The maximum atomic E-state index is 12.5. The first-order valence-electron chi connectivity index (χ1n) is 8.97. The topological polar surface area (TPSA) is 53.8 Å². The standard InChI is InChI=1S/C17H26N2O3S/c20-23(21,19-10-4-5-11-19)17-9-8-15(22-17)13-18-12-14-6-2-1-3-7-16(14)18/h8-9,14,16H,1-7,10-13H2/t14-,16+/m0/s1. The van der Waals surface area contributed by atoms with E-state index in [0.29, 0.717) is 19.1 Å². The van der Waals surface area contributed by atoms with Crippen LogP contribution in [-0.4, -0.2) is 43.3 Å². The van der Waals surface area contributed by atoms with Gasteiger partial charge < -0.3 is 4.42 Å². The third-order valence-electron chi connectivity index (χ3n) is 5.71. The van der Waals surface area contributed by atoms with E-state index in [9.17, 15) is 8.42 Å². The van der Waals surface area contributed by atoms with Crippen LogP contribution in [0, 0.1) is 5.92 Å². The highest BCUT2D eigenvalue weighted by Crippen LogP contribution is 2.37. The van der Waals surface area contributed by atoms with Crippen LogP contribution in [0.15, 0.2) is 21.6 Å². The molecule has 6 heteroatoms. The molecule has 4 rings (SSSR count). The van der Waals surface area contributed by atoms with E-state index in [-0.39, 0.29) is 5.09 Å². The van der Waals surface area contributed by atoms with Gasteiger partial charge in [0.25, 0.3) is 10.0 Å². The predicted octanol–water partition coefficient (Wildman–Crippen LogP) is 2.83. The lowest BCUT2D eigenvalue weighted by Crippen LogP contribution is -2.54. The summed E-state index contributed by atoms with van der Waals surface area (Å²) in [6.07, 6.45) is 8.59. The van der Waals surface area contributed by atoms with E-state index in [2.05, 4.69) is 4.90 Å². The van der Waals surface area contributed by atoms with Gasteiger partial charge in [-0.2, -0.15) is 4.31 Å². The summed E-state index contributed by atoms with van der Waals surface area (Å²) in [5, 5.41) is 0.118. The van der Waals surface area contributed by atoms with E-state index in [1.807, 2.05) is 6.07 Å². The van der Waals surface area contributed by atoms with Gasteiger partial charge in [-0.05, 0) is 43.7 Å². The van der Waals surface area contributed by atoms with Crippen LogP contribution in [0.25, 0.3) is 0 Å². The smallest absolute Gasteiger partial charge is 0.276 e. The summed E-state index contributed by atoms with van der Waals surface area (Å²) in [6, 6.07) is 4.15. The van der Waals surface area contributed by atoms with Gasteiger partial charge >= 0.3 is 0 Å². The van der Waals surface area contributed by atoms with Crippen LogP contribution in [0.3, 0.4) is 0 Å². The molecule has 1 aliphatic carbocycles. The quantitative estimate of drug-likeness (QED) is 0.847. The Hall–Kier alpha value is -0.850. The maximum absolute atomic E-state index is 12.5. The van der Waals surface area contributed by atoms with Crippen LogP contribution < -0.4 is 0 Å². The van der Waals surface area contributed by atoms with Gasteiger partial charge in [-0.25, -0.2) is 8.42 Å². The lowest BCUT2D eigenvalue weighted by atomic mass is 9.84. The highest BCUT2D eigenvalue weighted by Gasteiger charge is 2.39. The molecule has 0 spiro atoms. The maximum Gasteiger partial charge on any atom is 0.276 e. The molecular weight excluding hydrogens is 312 g/mol. The van der Waals surface area contributed by atoms with Gasteiger partial charge in [-0.15, -0.1) is 0 Å². The van der Waals surface area contributed by atoms with Crippen molar-refractivity contribution in [2.75, 3.05) is 19.6 Å². The van der Waals surface area contributed by atoms with Gasteiger partial charge in [0.05, 0.1) is 6.54 Å². The number of hydrogen-bond donors (Lipinski definition) is 0. The van der Waals surface area contributed by atoms with Crippen LogP contribution in [0.4, 0.5) is 0 Å². The number of hydrogen-bond acceptors (Lipinski definition) is 4. The molecule has 0 radical (unpaired) electrons. The van der Waals surface area contributed by atoms with Crippen LogP contribution in [0.2, 0.25) is 0 Å². The van der Waals surface area contributed by atoms with E-state index in [4.69, 9.17) is 4.42 Å². The molecule has 0 unspecified atom stereocenters. The zero-order chi connectivity index (χ0) is 15.9. The molecule has 1 aromatic heterocycles. The zero-order valence-corrected chi connectivity index (χ0v) is 14.4. The number of likely N-dealkylation sites (tertiary alicyclic amines) is 1. The molecule has 0 amide bonds. The molecule has 5 nitrogen and oxygen atoms in total. The number of fused-ring (bicyclic) bond motifs is 1. The first-order chi connectivity index (χ1) is 11.1. The minimum absolute atomic E-state index is 0.118. The normalized spacial score (nSPS) is 29.9. The van der Waals surface area contributed by atoms with Crippen molar-refractivity contribution in [1.82, 2.24) is 9.21 Å². The van der Waals surface area contributed by atoms with Crippen molar-refractivity contribution < 1.29 is 12.8 Å². The highest BCUT2D eigenvalue weighted by molar-refractivity contribution is 7.89. The second-order valence-electron chi connectivity index (χ2n) is 7.23. The van der Waals surface area contributed by atoms with Crippen LogP contribution in [0.1, 0.15) is 50.7 Å². The van der Waals surface area contributed by atoms with Crippen molar-refractivity contribution in [2.45, 2.75) is 62.6 Å². The summed E-state index contributed by atoms with van der Waals surface area (Å²) < 4.78 is 32.3. The minimum atomic E-state index is -3.42. The molecule has 3 fully saturated rings. The predicted molar refractivity (Wildman–Crippen MR) is 87.5 cm³/mol. The van der Waals surface area contributed by atoms with Crippen LogP contribution >= 0.6 is 0 Å². The van der Waals surface area contributed by atoms with E-state index in [1.54, 1.807) is 10.4 Å². The minimum Gasteiger partial charge on any atom is -0.447 e. The van der Waals surface area contributed by atoms with Crippen molar-refractivity contribution in [1.29, 1.82) is 0 Å². The fourth-order valence-electron chi connectivity index (χ4n) is 4.38. The highest BCUT2D eigenvalue weighted by atomic mass is 32.2. The van der Waals surface area contributed by atoms with Gasteiger partial charge in [0, 0.05) is 25.7 Å². The third-order valence-corrected chi connectivity index (χ3v) is 7.48. The molecule has 0 bridgehead atoms. The SMILES string of the molecule is O=S(=O)(c1ccc(CN2C[C@@H]3CCCCC[C@H]32)o1)N1CCCC1. The van der Waals surface area contributed by atoms with Gasteiger partial charge in [0.2, 0.25) is 5.09 Å². The summed E-state index contributed by atoms with van der Waals surface area (Å²) in [7, 11) is -3.42. The Bertz CT molecular complexity index is 649. The molecule has 3 aliphatic rings. The average Bonchev–Trinajstić information content (AvgIpc) is 3.17. The molecule has 1 aromatic rings. The lowest BCUT2D eigenvalue weighted by Gasteiger charge is -2.47. The number of nitrogens with zero attached hydrogens (tertiary/aromatic N) is 2. The Morgan fingerprint density at radius 1 is 1.04 bits per heavy atom. The third kappa shape index (κ3) is 2.96. The largest absolute Gasteiger partial charge is 0.447 e. The first kappa shape index (κ1) is 15.7. The monoisotopic (exact) mass is 338 g/mol. The fourth-order valence-corrected chi connectivity index (χ4v) is 5.82. The fraction of sp³-hybridized carbons (Fsp3) is 0.765. The van der Waals surface area contributed by atoms with Crippen LogP contribution in [0.5, 0.6) is 0 Å². The Morgan fingerprint density at radius 2 is 1.83 bits per heavy atom. The van der Waals surface area contributed by atoms with Crippen molar-refractivity contribution in [3.05, 3.63) is 17.9 Å². The van der Waals surface area contributed by atoms with Crippen molar-refractivity contribution >= 4 is 10.0 Å². The average molecular weight is 338 g/mol. The Balaban J connectivity index is 1.42. The Labute approximate surface area is 138 Å². The molecule has 3 heterocycles. The molecule has 1 saturated carbocycles. The molecule has 0 aromatic carbocycles. The van der Waals surface area contributed by atoms with E-state index in [1.165, 1.54) is 32.1 Å². The molecular formula is C17H26N2O3S. The van der Waals surface area contributed by atoms with E-state index in [0.717, 1.165) is 37.6 Å². The van der Waals surface area contributed by atoms with Crippen molar-refractivity contribution in [2.24, 2.45) is 5.92 Å². The second-order valence-corrected chi connectivity index (χ2v) is 9.10. The number of sulfonamides is 1. The summed E-state index contributed by atoms with van der Waals surface area (Å²) in [5.41, 5.74) is 0. The Morgan fingerprint density at radius 3 is 2.65 bits per heavy atom. The molecule has 2 saturated heterocycles. The molecule has 128 valence electrons. The second kappa shape index (κ2) is 6.22. The van der Waals surface area contributed by atoms with Crippen molar-refractivity contribution in [3.8, 4) is 0 Å². The van der Waals surface area contributed by atoms with Crippen molar-refractivity contribution in [3.63, 3.8) is 0 Å². The first-order valence-corrected chi connectivity index (χ1v) is 10.4.